The van der Waals surface area contributed by atoms with E-state index in [0.717, 1.165) is 0 Å². The Balaban J connectivity index is 1.52. The van der Waals surface area contributed by atoms with Gasteiger partial charge >= 0.3 is 11.8 Å². The number of aromatic nitrogens is 1. The lowest BCUT2D eigenvalue weighted by atomic mass is 10.0. The van der Waals surface area contributed by atoms with E-state index in [-0.39, 0.29) is 24.4 Å². The molecule has 1 aromatic heterocycles. The second-order valence-corrected chi connectivity index (χ2v) is 8.78. The first kappa shape index (κ1) is 23.2. The number of rotatable bonds is 3. The zero-order valence-electron chi connectivity index (χ0n) is 19.4. The largest absolute Gasteiger partial charge is 0.358 e. The van der Waals surface area contributed by atoms with E-state index in [4.69, 9.17) is 0 Å². The van der Waals surface area contributed by atoms with Crippen LogP contribution in [-0.2, 0) is 14.4 Å². The van der Waals surface area contributed by atoms with Gasteiger partial charge in [-0.2, -0.15) is 0 Å². The standard InChI is InChI=1S/C24H26FN5O4/c1-12-19(10-17-16-9-14(25)5-6-18(16)28-21(17)31)26-13(2)20(12)22(32)27-15-7-8-30(11-15)24(34)23(33)29(3)4/h5-6,9-10,15,26H,7-8,11H2,1-4H3,(H,27,32)(H,28,31)/b17-10-/t15-/m0/s1. The van der Waals surface area contributed by atoms with Gasteiger partial charge in [-0.3, -0.25) is 19.2 Å². The van der Waals surface area contributed by atoms with E-state index in [1.165, 1.54) is 42.1 Å². The minimum absolute atomic E-state index is 0.256. The third kappa shape index (κ3) is 4.18. The maximum Gasteiger partial charge on any atom is 0.312 e. The number of nitrogens with one attached hydrogen (secondary N) is 3. The van der Waals surface area contributed by atoms with E-state index in [0.29, 0.717) is 52.3 Å². The molecule has 10 heteroatoms. The number of likely N-dealkylation sites (tertiary alicyclic amines) is 1. The number of anilines is 1. The molecule has 4 rings (SSSR count). The number of aromatic amines is 1. The van der Waals surface area contributed by atoms with Crippen molar-refractivity contribution in [3.05, 3.63) is 52.1 Å². The van der Waals surface area contributed by atoms with Crippen molar-refractivity contribution in [1.82, 2.24) is 20.1 Å². The third-order valence-electron chi connectivity index (χ3n) is 6.16. The fraction of sp³-hybridized carbons (Fsp3) is 0.333. The van der Waals surface area contributed by atoms with Gasteiger partial charge in [0.2, 0.25) is 0 Å². The van der Waals surface area contributed by atoms with Crippen molar-refractivity contribution < 1.29 is 23.6 Å². The second kappa shape index (κ2) is 8.77. The van der Waals surface area contributed by atoms with Gasteiger partial charge in [0.05, 0.1) is 11.1 Å². The molecular formula is C24H26FN5O4. The molecule has 0 spiro atoms. The van der Waals surface area contributed by atoms with E-state index >= 15 is 0 Å². The van der Waals surface area contributed by atoms with Crippen LogP contribution < -0.4 is 10.6 Å². The summed E-state index contributed by atoms with van der Waals surface area (Å²) in [6.45, 7) is 4.17. The maximum absolute atomic E-state index is 13.7. The minimum atomic E-state index is -0.598. The van der Waals surface area contributed by atoms with Crippen molar-refractivity contribution in [3.8, 4) is 0 Å². The molecule has 178 valence electrons. The maximum atomic E-state index is 13.7. The molecule has 1 atom stereocenters. The molecule has 0 saturated carbocycles. The summed E-state index contributed by atoms with van der Waals surface area (Å²) in [5, 5.41) is 5.65. The Kier molecular flexibility index (Phi) is 5.99. The molecule has 1 aromatic carbocycles. The number of aryl methyl sites for hydroxylation is 1. The Morgan fingerprint density at radius 1 is 1.24 bits per heavy atom. The van der Waals surface area contributed by atoms with Crippen molar-refractivity contribution in [2.24, 2.45) is 0 Å². The summed E-state index contributed by atoms with van der Waals surface area (Å²) >= 11 is 0. The number of hydrogen-bond acceptors (Lipinski definition) is 4. The molecule has 3 heterocycles. The number of nitrogens with zero attached hydrogens (tertiary/aromatic N) is 2. The van der Waals surface area contributed by atoms with E-state index in [9.17, 15) is 23.6 Å². The molecule has 1 saturated heterocycles. The highest BCUT2D eigenvalue weighted by molar-refractivity contribution is 6.35. The second-order valence-electron chi connectivity index (χ2n) is 8.78. The highest BCUT2D eigenvalue weighted by Gasteiger charge is 2.32. The molecule has 0 radical (unpaired) electrons. The number of carbonyl (C=O) groups excluding carboxylic acids is 4. The van der Waals surface area contributed by atoms with Crippen molar-refractivity contribution in [2.45, 2.75) is 26.3 Å². The molecule has 1 fully saturated rings. The van der Waals surface area contributed by atoms with Gasteiger partial charge in [0.25, 0.3) is 11.8 Å². The van der Waals surface area contributed by atoms with Gasteiger partial charge in [-0.05, 0) is 50.1 Å². The number of halogens is 1. The van der Waals surface area contributed by atoms with Crippen LogP contribution in [0.1, 0.15) is 39.3 Å². The van der Waals surface area contributed by atoms with Gasteiger partial charge in [0.1, 0.15) is 5.82 Å². The number of hydrogen-bond donors (Lipinski definition) is 3. The zero-order valence-corrected chi connectivity index (χ0v) is 19.4. The summed E-state index contributed by atoms with van der Waals surface area (Å²) < 4.78 is 13.7. The van der Waals surface area contributed by atoms with Crippen LogP contribution in [0.2, 0.25) is 0 Å². The molecule has 0 aliphatic carbocycles. The Morgan fingerprint density at radius 3 is 2.68 bits per heavy atom. The van der Waals surface area contributed by atoms with Crippen LogP contribution in [0, 0.1) is 19.7 Å². The number of likely N-dealkylation sites (N-methyl/N-ethyl adjacent to an activating group) is 1. The Hall–Kier alpha value is -3.95. The van der Waals surface area contributed by atoms with E-state index < -0.39 is 17.6 Å². The molecule has 2 aliphatic heterocycles. The molecule has 9 nitrogen and oxygen atoms in total. The van der Waals surface area contributed by atoms with Crippen LogP contribution in [0.5, 0.6) is 0 Å². The number of fused-ring (bicyclic) bond motifs is 1. The lowest BCUT2D eigenvalue weighted by Gasteiger charge is -2.18. The zero-order chi connectivity index (χ0) is 24.7. The summed E-state index contributed by atoms with van der Waals surface area (Å²) in [5.74, 6) is -2.29. The number of amides is 4. The molecule has 34 heavy (non-hydrogen) atoms. The smallest absolute Gasteiger partial charge is 0.312 e. The normalized spacial score (nSPS) is 18.1. The lowest BCUT2D eigenvalue weighted by Crippen LogP contribution is -2.43. The Morgan fingerprint density at radius 2 is 1.97 bits per heavy atom. The van der Waals surface area contributed by atoms with Crippen molar-refractivity contribution in [3.63, 3.8) is 0 Å². The average Bonchev–Trinajstić information content (AvgIpc) is 3.44. The molecule has 0 bridgehead atoms. The number of carbonyl (C=O) groups is 4. The first-order valence-electron chi connectivity index (χ1n) is 10.9. The van der Waals surface area contributed by atoms with E-state index in [1.54, 1.807) is 19.9 Å². The van der Waals surface area contributed by atoms with Gasteiger partial charge < -0.3 is 25.4 Å². The van der Waals surface area contributed by atoms with Gasteiger partial charge in [-0.15, -0.1) is 0 Å². The molecule has 2 aromatic rings. The fourth-order valence-corrected chi connectivity index (χ4v) is 4.35. The highest BCUT2D eigenvalue weighted by atomic mass is 19.1. The van der Waals surface area contributed by atoms with Gasteiger partial charge in [-0.1, -0.05) is 0 Å². The van der Waals surface area contributed by atoms with Crippen LogP contribution in [-0.4, -0.2) is 71.6 Å². The van der Waals surface area contributed by atoms with E-state index in [2.05, 4.69) is 15.6 Å². The monoisotopic (exact) mass is 467 g/mol. The van der Waals surface area contributed by atoms with Crippen LogP contribution in [0.25, 0.3) is 11.6 Å². The molecule has 0 unspecified atom stereocenters. The summed E-state index contributed by atoms with van der Waals surface area (Å²) in [6.07, 6.45) is 2.16. The Labute approximate surface area is 196 Å². The predicted octanol–water partition coefficient (Wildman–Crippen LogP) is 1.68. The van der Waals surface area contributed by atoms with E-state index in [1.807, 2.05) is 0 Å². The summed E-state index contributed by atoms with van der Waals surface area (Å²) in [5.41, 5.74) is 3.59. The SMILES string of the molecule is Cc1[nH]c(/C=C2\C(=O)Nc3ccc(F)cc32)c(C)c1C(=O)N[C@H]1CCN(C(=O)C(=O)N(C)C)C1. The fourth-order valence-electron chi connectivity index (χ4n) is 4.35. The number of benzene rings is 1. The minimum Gasteiger partial charge on any atom is -0.358 e. The van der Waals surface area contributed by atoms with Crippen molar-refractivity contribution in [1.29, 1.82) is 0 Å². The first-order chi connectivity index (χ1) is 16.1. The van der Waals surface area contributed by atoms with Crippen LogP contribution >= 0.6 is 0 Å². The van der Waals surface area contributed by atoms with Crippen molar-refractivity contribution in [2.75, 3.05) is 32.5 Å². The molecule has 3 N–H and O–H groups in total. The lowest BCUT2D eigenvalue weighted by molar-refractivity contribution is -0.149. The quantitative estimate of drug-likeness (QED) is 0.471. The number of H-pyrrole nitrogens is 1. The molecular weight excluding hydrogens is 441 g/mol. The predicted molar refractivity (Wildman–Crippen MR) is 124 cm³/mol. The van der Waals surface area contributed by atoms with Crippen LogP contribution in [0.15, 0.2) is 18.2 Å². The highest BCUT2D eigenvalue weighted by Crippen LogP contribution is 2.34. The van der Waals surface area contributed by atoms with Gasteiger partial charge in [-0.25, -0.2) is 4.39 Å². The third-order valence-corrected chi connectivity index (χ3v) is 6.16. The topological polar surface area (TPSA) is 115 Å². The molecule has 4 amide bonds. The summed E-state index contributed by atoms with van der Waals surface area (Å²) in [7, 11) is 3.04. The first-order valence-corrected chi connectivity index (χ1v) is 10.9. The average molecular weight is 468 g/mol. The molecule has 2 aliphatic rings. The van der Waals surface area contributed by atoms with Crippen LogP contribution in [0.4, 0.5) is 10.1 Å². The summed E-state index contributed by atoms with van der Waals surface area (Å²) in [4.78, 5) is 55.5. The summed E-state index contributed by atoms with van der Waals surface area (Å²) in [6, 6.07) is 3.81. The Bertz CT molecular complexity index is 1250. The van der Waals surface area contributed by atoms with Gasteiger partial charge in [0, 0.05) is 55.9 Å². The van der Waals surface area contributed by atoms with Gasteiger partial charge in [0.15, 0.2) is 0 Å². The van der Waals surface area contributed by atoms with Crippen molar-refractivity contribution >= 4 is 41.0 Å². The van der Waals surface area contributed by atoms with Crippen LogP contribution in [0.3, 0.4) is 0 Å².